The normalized spacial score (nSPS) is 20.6. The van der Waals surface area contributed by atoms with Crippen molar-refractivity contribution in [1.82, 2.24) is 9.97 Å². The third-order valence-corrected chi connectivity index (χ3v) is 4.83. The average Bonchev–Trinajstić information content (AvgIpc) is 2.46. The number of nitrogens with zero attached hydrogens (tertiary/aromatic N) is 2. The van der Waals surface area contributed by atoms with Crippen molar-refractivity contribution in [3.05, 3.63) is 46.6 Å². The van der Waals surface area contributed by atoms with E-state index in [-0.39, 0.29) is 10.8 Å². The highest BCUT2D eigenvalue weighted by molar-refractivity contribution is 7.90. The molecule has 1 aliphatic rings. The number of fused-ring (bicyclic) bond motifs is 1. The zero-order valence-electron chi connectivity index (χ0n) is 12.0. The fraction of sp³-hybridized carbons (Fsp3) is 0.200. The van der Waals surface area contributed by atoms with E-state index in [0.717, 1.165) is 10.8 Å². The summed E-state index contributed by atoms with van der Waals surface area (Å²) in [5, 5.41) is 1.53. The number of benzene rings is 1. The van der Waals surface area contributed by atoms with E-state index in [1.807, 2.05) is 18.2 Å². The Balaban J connectivity index is 2.16. The van der Waals surface area contributed by atoms with E-state index < -0.39 is 15.4 Å². The maximum absolute atomic E-state index is 11.7. The summed E-state index contributed by atoms with van der Waals surface area (Å²) >= 11 is 0. The quantitative estimate of drug-likeness (QED) is 0.756. The predicted molar refractivity (Wildman–Crippen MR) is 84.7 cm³/mol. The van der Waals surface area contributed by atoms with Crippen molar-refractivity contribution in [3.63, 3.8) is 0 Å². The SMILES string of the molecule is CS(=O)(=O)c1cccc(C2(N)C=c3nc(N)ncc3=CC2)c1. The van der Waals surface area contributed by atoms with Crippen molar-refractivity contribution >= 4 is 27.9 Å². The van der Waals surface area contributed by atoms with Gasteiger partial charge >= 0.3 is 0 Å². The number of anilines is 1. The van der Waals surface area contributed by atoms with Crippen LogP contribution in [0.5, 0.6) is 0 Å². The van der Waals surface area contributed by atoms with Gasteiger partial charge in [0.25, 0.3) is 0 Å². The lowest BCUT2D eigenvalue weighted by Crippen LogP contribution is -2.44. The smallest absolute Gasteiger partial charge is 0.220 e. The first-order valence-corrected chi connectivity index (χ1v) is 8.58. The van der Waals surface area contributed by atoms with Crippen LogP contribution in [0.3, 0.4) is 0 Å². The molecule has 1 unspecified atom stereocenters. The topological polar surface area (TPSA) is 112 Å². The molecule has 114 valence electrons. The van der Waals surface area contributed by atoms with Crippen LogP contribution in [0.2, 0.25) is 0 Å². The Kier molecular flexibility index (Phi) is 3.26. The number of nitrogens with two attached hydrogens (primary N) is 2. The summed E-state index contributed by atoms with van der Waals surface area (Å²) in [4.78, 5) is 8.39. The van der Waals surface area contributed by atoms with Crippen molar-refractivity contribution < 1.29 is 8.42 Å². The van der Waals surface area contributed by atoms with E-state index in [0.29, 0.717) is 11.8 Å². The minimum atomic E-state index is -3.28. The fourth-order valence-corrected chi connectivity index (χ4v) is 3.16. The molecule has 7 heteroatoms. The highest BCUT2D eigenvalue weighted by Gasteiger charge is 2.27. The van der Waals surface area contributed by atoms with Crippen LogP contribution >= 0.6 is 0 Å². The van der Waals surface area contributed by atoms with Gasteiger partial charge in [0, 0.05) is 17.7 Å². The Labute approximate surface area is 128 Å². The molecule has 0 saturated carbocycles. The summed E-state index contributed by atoms with van der Waals surface area (Å²) in [6, 6.07) is 6.67. The standard InChI is InChI=1S/C15H16N4O2S/c1-22(20,21)12-4-2-3-11(7-12)15(17)6-5-10-9-18-14(16)19-13(10)8-15/h2-5,7-9H,6,17H2,1H3,(H2,16,19). The molecule has 0 fully saturated rings. The number of rotatable bonds is 2. The molecule has 1 aromatic carbocycles. The number of aromatic nitrogens is 2. The number of hydrogen-bond donors (Lipinski definition) is 2. The summed E-state index contributed by atoms with van der Waals surface area (Å²) in [7, 11) is -3.28. The lowest BCUT2D eigenvalue weighted by atomic mass is 9.85. The highest BCUT2D eigenvalue weighted by atomic mass is 32.2. The molecule has 1 aromatic heterocycles. The van der Waals surface area contributed by atoms with E-state index in [1.165, 1.54) is 6.26 Å². The van der Waals surface area contributed by atoms with Gasteiger partial charge in [-0.15, -0.1) is 0 Å². The summed E-state index contributed by atoms with van der Waals surface area (Å²) < 4.78 is 23.4. The van der Waals surface area contributed by atoms with Crippen LogP contribution in [0, 0.1) is 0 Å². The van der Waals surface area contributed by atoms with Crippen LogP contribution in [-0.2, 0) is 15.4 Å². The Hall–Kier alpha value is -2.25. The first-order chi connectivity index (χ1) is 10.3. The van der Waals surface area contributed by atoms with Crippen molar-refractivity contribution in [1.29, 1.82) is 0 Å². The first kappa shape index (κ1) is 14.7. The largest absolute Gasteiger partial charge is 0.368 e. The van der Waals surface area contributed by atoms with Crippen molar-refractivity contribution in [2.75, 3.05) is 12.0 Å². The molecule has 0 bridgehead atoms. The lowest BCUT2D eigenvalue weighted by Gasteiger charge is -2.27. The molecule has 1 atom stereocenters. The molecule has 0 saturated heterocycles. The molecule has 0 amide bonds. The number of sulfone groups is 1. The number of hydrogen-bond acceptors (Lipinski definition) is 6. The molecule has 1 aliphatic carbocycles. The summed E-state index contributed by atoms with van der Waals surface area (Å²) in [6.45, 7) is 0. The second-order valence-electron chi connectivity index (χ2n) is 5.46. The van der Waals surface area contributed by atoms with Gasteiger partial charge in [0.05, 0.1) is 15.8 Å². The molecule has 0 spiro atoms. The van der Waals surface area contributed by atoms with Crippen LogP contribution in [0.15, 0.2) is 35.4 Å². The van der Waals surface area contributed by atoms with Gasteiger partial charge in [-0.25, -0.2) is 18.4 Å². The van der Waals surface area contributed by atoms with Gasteiger partial charge < -0.3 is 11.5 Å². The number of nitrogen functional groups attached to an aromatic ring is 1. The van der Waals surface area contributed by atoms with Crippen LogP contribution in [0.1, 0.15) is 12.0 Å². The maximum atomic E-state index is 11.7. The van der Waals surface area contributed by atoms with E-state index in [4.69, 9.17) is 11.5 Å². The molecule has 6 nitrogen and oxygen atoms in total. The summed E-state index contributed by atoms with van der Waals surface area (Å²) in [5.74, 6) is 0.178. The zero-order chi connectivity index (χ0) is 16.0. The first-order valence-electron chi connectivity index (χ1n) is 6.69. The Bertz CT molecular complexity index is 969. The van der Waals surface area contributed by atoms with Crippen molar-refractivity contribution in [3.8, 4) is 0 Å². The fourth-order valence-electron chi connectivity index (χ4n) is 2.49. The average molecular weight is 316 g/mol. The van der Waals surface area contributed by atoms with Gasteiger partial charge in [-0.3, -0.25) is 0 Å². The summed E-state index contributed by atoms with van der Waals surface area (Å²) in [5.41, 5.74) is 12.0. The Morgan fingerprint density at radius 2 is 2.09 bits per heavy atom. The van der Waals surface area contributed by atoms with Crippen molar-refractivity contribution in [2.45, 2.75) is 16.9 Å². The zero-order valence-corrected chi connectivity index (χ0v) is 12.8. The highest BCUT2D eigenvalue weighted by Crippen LogP contribution is 2.27. The van der Waals surface area contributed by atoms with Gasteiger partial charge in [0.1, 0.15) is 0 Å². The lowest BCUT2D eigenvalue weighted by molar-refractivity contribution is 0.597. The Morgan fingerprint density at radius 1 is 1.32 bits per heavy atom. The van der Waals surface area contributed by atoms with E-state index >= 15 is 0 Å². The van der Waals surface area contributed by atoms with Crippen molar-refractivity contribution in [2.24, 2.45) is 5.73 Å². The monoisotopic (exact) mass is 316 g/mol. The van der Waals surface area contributed by atoms with Gasteiger partial charge in [-0.1, -0.05) is 18.2 Å². The molecular formula is C15H16N4O2S. The van der Waals surface area contributed by atoms with Crippen LogP contribution < -0.4 is 22.0 Å². The third-order valence-electron chi connectivity index (χ3n) is 3.72. The van der Waals surface area contributed by atoms with Crippen LogP contribution in [0.25, 0.3) is 12.2 Å². The molecule has 2 aromatic rings. The minimum Gasteiger partial charge on any atom is -0.368 e. The molecule has 0 aliphatic heterocycles. The van der Waals surface area contributed by atoms with Gasteiger partial charge in [-0.05, 0) is 30.2 Å². The molecule has 4 N–H and O–H groups in total. The predicted octanol–water partition coefficient (Wildman–Crippen LogP) is -0.719. The van der Waals surface area contributed by atoms with Gasteiger partial charge in [0.2, 0.25) is 5.95 Å². The van der Waals surface area contributed by atoms with E-state index in [1.54, 1.807) is 24.4 Å². The van der Waals surface area contributed by atoms with Gasteiger partial charge in [-0.2, -0.15) is 0 Å². The van der Waals surface area contributed by atoms with Crippen LogP contribution in [-0.4, -0.2) is 24.6 Å². The molecule has 22 heavy (non-hydrogen) atoms. The molecule has 0 radical (unpaired) electrons. The third kappa shape index (κ3) is 2.60. The Morgan fingerprint density at radius 3 is 2.82 bits per heavy atom. The second kappa shape index (κ2) is 4.89. The maximum Gasteiger partial charge on any atom is 0.220 e. The van der Waals surface area contributed by atoms with Crippen LogP contribution in [0.4, 0.5) is 5.95 Å². The molecule has 3 rings (SSSR count). The second-order valence-corrected chi connectivity index (χ2v) is 7.48. The summed E-state index contributed by atoms with van der Waals surface area (Å²) in [6.07, 6.45) is 7.10. The van der Waals surface area contributed by atoms with Gasteiger partial charge in [0.15, 0.2) is 9.84 Å². The minimum absolute atomic E-state index is 0.178. The van der Waals surface area contributed by atoms with E-state index in [9.17, 15) is 8.42 Å². The molecular weight excluding hydrogens is 300 g/mol. The van der Waals surface area contributed by atoms with E-state index in [2.05, 4.69) is 9.97 Å². The molecule has 1 heterocycles.